The molecule has 0 aliphatic carbocycles. The highest BCUT2D eigenvalue weighted by atomic mass is 32.2. The summed E-state index contributed by atoms with van der Waals surface area (Å²) in [6, 6.07) is 18.6. The predicted octanol–water partition coefficient (Wildman–Crippen LogP) is 6.15. The minimum Gasteiger partial charge on any atom is -0.253 e. The second-order valence-electron chi connectivity index (χ2n) is 5.55. The predicted molar refractivity (Wildman–Crippen MR) is 111 cm³/mol. The fraction of sp³-hybridized carbons (Fsp3) is 0.200. The number of hydrogen-bond acceptors (Lipinski definition) is 5. The van der Waals surface area contributed by atoms with Gasteiger partial charge in [0, 0.05) is 15.8 Å². The van der Waals surface area contributed by atoms with Gasteiger partial charge < -0.3 is 0 Å². The van der Waals surface area contributed by atoms with E-state index in [1.807, 2.05) is 41.6 Å². The molecule has 3 aromatic rings. The molecule has 0 fully saturated rings. The van der Waals surface area contributed by atoms with Crippen LogP contribution in [0.4, 0.5) is 5.13 Å². The number of unbranched alkanes of at least 4 members (excludes halogenated alkanes) is 1. The molecule has 0 aliphatic rings. The first kappa shape index (κ1) is 17.7. The molecule has 25 heavy (non-hydrogen) atoms. The summed E-state index contributed by atoms with van der Waals surface area (Å²) in [5, 5.41) is 7.15. The smallest absolute Gasteiger partial charge is 0.203 e. The van der Waals surface area contributed by atoms with Gasteiger partial charge in [-0.1, -0.05) is 55.8 Å². The normalized spacial score (nSPS) is 11.1. The summed E-state index contributed by atoms with van der Waals surface area (Å²) in [4.78, 5) is 5.86. The maximum Gasteiger partial charge on any atom is 0.203 e. The van der Waals surface area contributed by atoms with Crippen LogP contribution in [0.3, 0.4) is 0 Å². The summed E-state index contributed by atoms with van der Waals surface area (Å²) in [7, 11) is 0. The van der Waals surface area contributed by atoms with E-state index in [0.717, 1.165) is 27.7 Å². The lowest BCUT2D eigenvalue weighted by Crippen LogP contribution is -1.90. The number of thiazole rings is 1. The lowest BCUT2D eigenvalue weighted by atomic mass is 10.2. The number of rotatable bonds is 8. The van der Waals surface area contributed by atoms with Crippen LogP contribution in [0.15, 0.2) is 70.0 Å². The summed E-state index contributed by atoms with van der Waals surface area (Å²) in [6.45, 7) is 2.22. The number of hydrazone groups is 1. The van der Waals surface area contributed by atoms with Gasteiger partial charge in [-0.3, -0.25) is 5.43 Å². The molecule has 0 atom stereocenters. The van der Waals surface area contributed by atoms with E-state index in [9.17, 15) is 0 Å². The summed E-state index contributed by atoms with van der Waals surface area (Å²) in [5.74, 6) is 1.16. The molecule has 3 rings (SSSR count). The third kappa shape index (κ3) is 5.44. The monoisotopic (exact) mass is 367 g/mol. The maximum absolute atomic E-state index is 4.57. The molecule has 1 N–H and O–H groups in total. The standard InChI is InChI=1S/C20H21N3S2/c1-2-3-12-24-18-11-7-8-16(13-18)14-21-23-20-22-19(15-25-20)17-9-5-4-6-10-17/h4-11,13-15H,2-3,12H2,1H3,(H,22,23). The lowest BCUT2D eigenvalue weighted by molar-refractivity contribution is 0.896. The van der Waals surface area contributed by atoms with Gasteiger partial charge >= 0.3 is 0 Å². The number of hydrogen-bond donors (Lipinski definition) is 1. The van der Waals surface area contributed by atoms with Gasteiger partial charge in [0.1, 0.15) is 0 Å². The van der Waals surface area contributed by atoms with Gasteiger partial charge in [-0.2, -0.15) is 5.10 Å². The van der Waals surface area contributed by atoms with Crippen LogP contribution >= 0.6 is 23.1 Å². The van der Waals surface area contributed by atoms with Gasteiger partial charge in [-0.05, 0) is 29.9 Å². The zero-order chi connectivity index (χ0) is 17.3. The van der Waals surface area contributed by atoms with Gasteiger partial charge in [-0.25, -0.2) is 4.98 Å². The molecule has 1 aromatic heterocycles. The molecule has 2 aromatic carbocycles. The van der Waals surface area contributed by atoms with Crippen molar-refractivity contribution in [3.05, 3.63) is 65.5 Å². The average molecular weight is 368 g/mol. The van der Waals surface area contributed by atoms with Crippen LogP contribution in [0.1, 0.15) is 25.3 Å². The molecule has 0 saturated heterocycles. The molecule has 3 nitrogen and oxygen atoms in total. The van der Waals surface area contributed by atoms with E-state index < -0.39 is 0 Å². The van der Waals surface area contributed by atoms with Crippen LogP contribution in [0.5, 0.6) is 0 Å². The van der Waals surface area contributed by atoms with Crippen LogP contribution in [0.2, 0.25) is 0 Å². The molecule has 0 radical (unpaired) electrons. The van der Waals surface area contributed by atoms with Crippen molar-refractivity contribution in [2.75, 3.05) is 11.2 Å². The molecule has 0 saturated carbocycles. The van der Waals surface area contributed by atoms with E-state index in [0.29, 0.717) is 0 Å². The highest BCUT2D eigenvalue weighted by Gasteiger charge is 2.02. The fourth-order valence-corrected chi connectivity index (χ4v) is 3.98. The van der Waals surface area contributed by atoms with Crippen molar-refractivity contribution in [1.29, 1.82) is 0 Å². The zero-order valence-corrected chi connectivity index (χ0v) is 15.8. The largest absolute Gasteiger partial charge is 0.253 e. The molecule has 1 heterocycles. The van der Waals surface area contributed by atoms with Gasteiger partial charge in [-0.15, -0.1) is 23.1 Å². The van der Waals surface area contributed by atoms with E-state index >= 15 is 0 Å². The highest BCUT2D eigenvalue weighted by Crippen LogP contribution is 2.24. The molecule has 5 heteroatoms. The van der Waals surface area contributed by atoms with Crippen molar-refractivity contribution >= 4 is 34.4 Å². The average Bonchev–Trinajstić information content (AvgIpc) is 3.12. The number of thioether (sulfide) groups is 1. The van der Waals surface area contributed by atoms with Crippen molar-refractivity contribution in [1.82, 2.24) is 4.98 Å². The van der Waals surface area contributed by atoms with Crippen molar-refractivity contribution in [3.8, 4) is 11.3 Å². The van der Waals surface area contributed by atoms with Crippen molar-refractivity contribution in [3.63, 3.8) is 0 Å². The van der Waals surface area contributed by atoms with Crippen LogP contribution in [-0.4, -0.2) is 17.0 Å². The van der Waals surface area contributed by atoms with Gasteiger partial charge in [0.05, 0.1) is 11.9 Å². The quantitative estimate of drug-likeness (QED) is 0.225. The Morgan fingerprint density at radius 3 is 2.88 bits per heavy atom. The first-order chi connectivity index (χ1) is 12.3. The Kier molecular flexibility index (Phi) is 6.65. The SMILES string of the molecule is CCCCSc1cccc(C=NNc2nc(-c3ccccc3)cs2)c1. The lowest BCUT2D eigenvalue weighted by Gasteiger charge is -2.01. The van der Waals surface area contributed by atoms with E-state index in [2.05, 4.69) is 58.8 Å². The highest BCUT2D eigenvalue weighted by molar-refractivity contribution is 7.99. The topological polar surface area (TPSA) is 37.3 Å². The van der Waals surface area contributed by atoms with Gasteiger partial charge in [0.2, 0.25) is 5.13 Å². The number of nitrogens with one attached hydrogen (secondary N) is 1. The summed E-state index contributed by atoms with van der Waals surface area (Å²) < 4.78 is 0. The molecule has 0 unspecified atom stereocenters. The Labute approximate surface area is 157 Å². The van der Waals surface area contributed by atoms with Crippen LogP contribution in [0.25, 0.3) is 11.3 Å². The summed E-state index contributed by atoms with van der Waals surface area (Å²) >= 11 is 3.45. The van der Waals surface area contributed by atoms with Gasteiger partial charge in [0.25, 0.3) is 0 Å². The van der Waals surface area contributed by atoms with E-state index in [-0.39, 0.29) is 0 Å². The van der Waals surface area contributed by atoms with Crippen LogP contribution in [0, 0.1) is 0 Å². The van der Waals surface area contributed by atoms with Crippen molar-refractivity contribution in [2.45, 2.75) is 24.7 Å². The summed E-state index contributed by atoms with van der Waals surface area (Å²) in [6.07, 6.45) is 4.32. The van der Waals surface area contributed by atoms with E-state index in [1.54, 1.807) is 11.3 Å². The first-order valence-electron chi connectivity index (χ1n) is 8.38. The molecule has 0 aliphatic heterocycles. The minimum atomic E-state index is 0.795. The number of anilines is 1. The Hall–Kier alpha value is -2.11. The third-order valence-corrected chi connectivity index (χ3v) is 5.40. The zero-order valence-electron chi connectivity index (χ0n) is 14.2. The number of nitrogens with zero attached hydrogens (tertiary/aromatic N) is 2. The van der Waals surface area contributed by atoms with Crippen molar-refractivity contribution in [2.24, 2.45) is 5.10 Å². The molecule has 128 valence electrons. The van der Waals surface area contributed by atoms with Crippen LogP contribution < -0.4 is 5.43 Å². The fourth-order valence-electron chi connectivity index (χ4n) is 2.25. The first-order valence-corrected chi connectivity index (χ1v) is 10.2. The second-order valence-corrected chi connectivity index (χ2v) is 7.57. The molecule has 0 bridgehead atoms. The third-order valence-electron chi connectivity index (χ3n) is 3.57. The van der Waals surface area contributed by atoms with Gasteiger partial charge in [0.15, 0.2) is 0 Å². The number of aromatic nitrogens is 1. The Morgan fingerprint density at radius 1 is 1.16 bits per heavy atom. The summed E-state index contributed by atoms with van der Waals surface area (Å²) in [5.41, 5.74) is 6.20. The Bertz CT molecular complexity index is 813. The van der Waals surface area contributed by atoms with Crippen molar-refractivity contribution < 1.29 is 0 Å². The Morgan fingerprint density at radius 2 is 2.04 bits per heavy atom. The maximum atomic E-state index is 4.57. The molecular weight excluding hydrogens is 346 g/mol. The van der Waals surface area contributed by atoms with E-state index in [4.69, 9.17) is 0 Å². The molecular formula is C20H21N3S2. The Balaban J connectivity index is 1.58. The van der Waals surface area contributed by atoms with E-state index in [1.165, 1.54) is 17.7 Å². The molecule has 0 spiro atoms. The van der Waals surface area contributed by atoms with Crippen LogP contribution in [-0.2, 0) is 0 Å². The second kappa shape index (κ2) is 9.39. The minimum absolute atomic E-state index is 0.795. The number of benzene rings is 2. The molecule has 0 amide bonds.